The molecule has 0 atom stereocenters. The van der Waals surface area contributed by atoms with Crippen LogP contribution in [0.15, 0.2) is 77.0 Å². The standard InChI is InChI=1S/C23H22N4O4S/c1-3-31-19-6-9-21(16(2)12-19)32(29,30)20-7-4-17(5-8-20)13-25-22(28)18-14-26-23-24-10-11-27(23)15-18/h4-12,14-15H,3,13H2,1-2H3,(H,25,28). The number of nitrogens with one attached hydrogen (secondary N) is 1. The van der Waals surface area contributed by atoms with E-state index in [1.54, 1.807) is 72.4 Å². The van der Waals surface area contributed by atoms with Gasteiger partial charge < -0.3 is 10.1 Å². The molecule has 2 aromatic carbocycles. The van der Waals surface area contributed by atoms with Gasteiger partial charge in [0.05, 0.1) is 22.0 Å². The first kappa shape index (κ1) is 21.5. The van der Waals surface area contributed by atoms with Crippen LogP contribution in [-0.2, 0) is 16.4 Å². The minimum absolute atomic E-state index is 0.189. The Labute approximate surface area is 185 Å². The topological polar surface area (TPSA) is 103 Å². The van der Waals surface area contributed by atoms with E-state index in [9.17, 15) is 13.2 Å². The summed E-state index contributed by atoms with van der Waals surface area (Å²) in [5.74, 6) is 0.869. The van der Waals surface area contributed by atoms with Gasteiger partial charge in [0.2, 0.25) is 15.6 Å². The summed E-state index contributed by atoms with van der Waals surface area (Å²) in [6.45, 7) is 4.38. The highest BCUT2D eigenvalue weighted by molar-refractivity contribution is 7.91. The van der Waals surface area contributed by atoms with Gasteiger partial charge in [0.1, 0.15) is 5.75 Å². The largest absolute Gasteiger partial charge is 0.494 e. The fourth-order valence-corrected chi connectivity index (χ4v) is 4.79. The van der Waals surface area contributed by atoms with Crippen molar-refractivity contribution in [3.8, 4) is 5.75 Å². The number of rotatable bonds is 7. The number of hydrogen-bond donors (Lipinski definition) is 1. The van der Waals surface area contributed by atoms with Crippen molar-refractivity contribution in [1.82, 2.24) is 19.7 Å². The summed E-state index contributed by atoms with van der Waals surface area (Å²) < 4.78 is 33.2. The van der Waals surface area contributed by atoms with Gasteiger partial charge in [-0.25, -0.2) is 18.4 Å². The molecule has 2 heterocycles. The van der Waals surface area contributed by atoms with Gasteiger partial charge in [-0.05, 0) is 55.3 Å². The molecule has 0 saturated carbocycles. The van der Waals surface area contributed by atoms with E-state index in [-0.39, 0.29) is 22.2 Å². The number of fused-ring (bicyclic) bond motifs is 1. The van der Waals surface area contributed by atoms with Crippen molar-refractivity contribution in [3.63, 3.8) is 0 Å². The third-order valence-corrected chi connectivity index (χ3v) is 6.87. The highest BCUT2D eigenvalue weighted by atomic mass is 32.2. The first-order chi connectivity index (χ1) is 15.4. The molecular weight excluding hydrogens is 428 g/mol. The fraction of sp³-hybridized carbons (Fsp3) is 0.174. The zero-order chi connectivity index (χ0) is 22.7. The van der Waals surface area contributed by atoms with Crippen molar-refractivity contribution in [1.29, 1.82) is 0 Å². The van der Waals surface area contributed by atoms with Crippen LogP contribution in [0.5, 0.6) is 5.75 Å². The predicted molar refractivity (Wildman–Crippen MR) is 118 cm³/mol. The number of benzene rings is 2. The van der Waals surface area contributed by atoms with E-state index in [2.05, 4.69) is 15.3 Å². The van der Waals surface area contributed by atoms with E-state index in [1.807, 2.05) is 6.92 Å². The van der Waals surface area contributed by atoms with Crippen LogP contribution in [0.1, 0.15) is 28.4 Å². The minimum Gasteiger partial charge on any atom is -0.494 e. The van der Waals surface area contributed by atoms with Crippen LogP contribution in [0.25, 0.3) is 5.78 Å². The highest BCUT2D eigenvalue weighted by Crippen LogP contribution is 2.27. The molecule has 0 aliphatic rings. The Morgan fingerprint density at radius 2 is 1.91 bits per heavy atom. The van der Waals surface area contributed by atoms with Crippen LogP contribution in [-0.4, -0.2) is 35.3 Å². The zero-order valence-electron chi connectivity index (χ0n) is 17.6. The molecule has 1 N–H and O–H groups in total. The Bertz CT molecular complexity index is 1380. The Morgan fingerprint density at radius 1 is 1.12 bits per heavy atom. The lowest BCUT2D eigenvalue weighted by molar-refractivity contribution is 0.0950. The molecule has 0 aliphatic heterocycles. The molecule has 0 radical (unpaired) electrons. The molecule has 1 amide bonds. The van der Waals surface area contributed by atoms with Crippen molar-refractivity contribution in [2.75, 3.05) is 6.61 Å². The van der Waals surface area contributed by atoms with Crippen molar-refractivity contribution in [2.24, 2.45) is 0 Å². The maximum Gasteiger partial charge on any atom is 0.254 e. The van der Waals surface area contributed by atoms with Crippen LogP contribution >= 0.6 is 0 Å². The Kier molecular flexibility index (Phi) is 5.91. The van der Waals surface area contributed by atoms with Gasteiger partial charge in [-0.3, -0.25) is 9.20 Å². The van der Waals surface area contributed by atoms with Crippen LogP contribution < -0.4 is 10.1 Å². The minimum atomic E-state index is -3.67. The van der Waals surface area contributed by atoms with E-state index in [0.29, 0.717) is 29.3 Å². The number of aryl methyl sites for hydroxylation is 1. The summed E-state index contributed by atoms with van der Waals surface area (Å²) in [6.07, 6.45) is 6.44. The molecule has 32 heavy (non-hydrogen) atoms. The molecule has 4 aromatic rings. The van der Waals surface area contributed by atoms with Gasteiger partial charge in [0.25, 0.3) is 5.91 Å². The fourth-order valence-electron chi connectivity index (χ4n) is 3.31. The van der Waals surface area contributed by atoms with Gasteiger partial charge >= 0.3 is 0 Å². The van der Waals surface area contributed by atoms with E-state index in [1.165, 1.54) is 6.20 Å². The highest BCUT2D eigenvalue weighted by Gasteiger charge is 2.20. The van der Waals surface area contributed by atoms with Crippen LogP contribution in [0, 0.1) is 6.92 Å². The van der Waals surface area contributed by atoms with Gasteiger partial charge in [0, 0.05) is 31.3 Å². The molecular formula is C23H22N4O4S. The number of nitrogens with zero attached hydrogens (tertiary/aromatic N) is 3. The average Bonchev–Trinajstić information content (AvgIpc) is 3.26. The Balaban J connectivity index is 1.46. The van der Waals surface area contributed by atoms with Gasteiger partial charge in [-0.1, -0.05) is 12.1 Å². The van der Waals surface area contributed by atoms with Crippen LogP contribution in [0.4, 0.5) is 0 Å². The van der Waals surface area contributed by atoms with E-state index in [0.717, 1.165) is 5.56 Å². The zero-order valence-corrected chi connectivity index (χ0v) is 18.5. The predicted octanol–water partition coefficient (Wildman–Crippen LogP) is 3.20. The van der Waals surface area contributed by atoms with Crippen LogP contribution in [0.2, 0.25) is 0 Å². The molecule has 0 unspecified atom stereocenters. The molecule has 0 bridgehead atoms. The number of hydrogen-bond acceptors (Lipinski definition) is 6. The quantitative estimate of drug-likeness (QED) is 0.464. The summed E-state index contributed by atoms with van der Waals surface area (Å²) in [7, 11) is -3.67. The Hall–Kier alpha value is -3.72. The number of imidazole rings is 1. The SMILES string of the molecule is CCOc1ccc(S(=O)(=O)c2ccc(CNC(=O)c3cnc4nccn4c3)cc2)c(C)c1. The number of carbonyl (C=O) groups is 1. The van der Waals surface area contributed by atoms with Crippen molar-refractivity contribution in [2.45, 2.75) is 30.2 Å². The Morgan fingerprint density at radius 3 is 2.62 bits per heavy atom. The molecule has 0 spiro atoms. The van der Waals surface area contributed by atoms with Gasteiger partial charge in [0.15, 0.2) is 0 Å². The summed E-state index contributed by atoms with van der Waals surface area (Å²) >= 11 is 0. The second-order valence-corrected chi connectivity index (χ2v) is 9.09. The first-order valence-corrected chi connectivity index (χ1v) is 11.5. The van der Waals surface area contributed by atoms with Gasteiger partial charge in [-0.15, -0.1) is 0 Å². The lowest BCUT2D eigenvalue weighted by Gasteiger charge is -2.11. The van der Waals surface area contributed by atoms with Crippen LogP contribution in [0.3, 0.4) is 0 Å². The molecule has 8 nitrogen and oxygen atoms in total. The number of aromatic nitrogens is 3. The van der Waals surface area contributed by atoms with Crippen molar-refractivity contribution >= 4 is 21.5 Å². The normalized spacial score (nSPS) is 11.4. The lowest BCUT2D eigenvalue weighted by Crippen LogP contribution is -2.23. The van der Waals surface area contributed by atoms with E-state index >= 15 is 0 Å². The molecule has 9 heteroatoms. The summed E-state index contributed by atoms with van der Waals surface area (Å²) in [4.78, 5) is 21.0. The average molecular weight is 451 g/mol. The number of carbonyl (C=O) groups excluding carboxylic acids is 1. The smallest absolute Gasteiger partial charge is 0.254 e. The first-order valence-electron chi connectivity index (χ1n) is 10.0. The van der Waals surface area contributed by atoms with Gasteiger partial charge in [-0.2, -0.15) is 0 Å². The van der Waals surface area contributed by atoms with E-state index < -0.39 is 9.84 Å². The summed E-state index contributed by atoms with van der Waals surface area (Å²) in [5.41, 5.74) is 1.80. The second kappa shape index (κ2) is 8.80. The van der Waals surface area contributed by atoms with Crippen molar-refractivity contribution in [3.05, 3.63) is 83.9 Å². The molecule has 164 valence electrons. The maximum absolute atomic E-state index is 13.0. The molecule has 0 fully saturated rings. The third kappa shape index (κ3) is 4.33. The molecule has 0 aliphatic carbocycles. The molecule has 4 rings (SSSR count). The summed E-state index contributed by atoms with van der Waals surface area (Å²) in [5, 5.41) is 2.81. The number of amides is 1. The van der Waals surface area contributed by atoms with E-state index in [4.69, 9.17) is 4.74 Å². The number of sulfone groups is 1. The second-order valence-electron chi connectivity index (χ2n) is 7.17. The maximum atomic E-state index is 13.0. The lowest BCUT2D eigenvalue weighted by atomic mass is 10.2. The van der Waals surface area contributed by atoms with Crippen molar-refractivity contribution < 1.29 is 17.9 Å². The molecule has 2 aromatic heterocycles. The molecule has 0 saturated heterocycles. The monoisotopic (exact) mass is 450 g/mol. The number of ether oxygens (including phenoxy) is 1. The third-order valence-electron chi connectivity index (χ3n) is 4.94. The summed E-state index contributed by atoms with van der Waals surface area (Å²) in [6, 6.07) is 11.4.